The molecule has 0 spiro atoms. The zero-order valence-corrected chi connectivity index (χ0v) is 19.4. The van der Waals surface area contributed by atoms with E-state index in [-0.39, 0.29) is 24.1 Å². The van der Waals surface area contributed by atoms with Gasteiger partial charge in [0.2, 0.25) is 5.91 Å². The van der Waals surface area contributed by atoms with Crippen LogP contribution < -0.4 is 15.0 Å². The van der Waals surface area contributed by atoms with Crippen molar-refractivity contribution < 1.29 is 28.3 Å². The minimum atomic E-state index is -1.21. The van der Waals surface area contributed by atoms with Gasteiger partial charge in [0.15, 0.2) is 18.2 Å². The summed E-state index contributed by atoms with van der Waals surface area (Å²) < 4.78 is 25.2. The van der Waals surface area contributed by atoms with Gasteiger partial charge < -0.3 is 24.6 Å². The molecule has 0 saturated heterocycles. The fourth-order valence-electron chi connectivity index (χ4n) is 4.21. The molecule has 180 valence electrons. The molecule has 0 bridgehead atoms. The minimum absolute atomic E-state index is 0.0312. The van der Waals surface area contributed by atoms with E-state index in [1.165, 1.54) is 18.6 Å². The van der Waals surface area contributed by atoms with Crippen LogP contribution in [-0.4, -0.2) is 41.3 Å². The molecule has 9 heteroatoms. The summed E-state index contributed by atoms with van der Waals surface area (Å²) in [5.74, 6) is -1.72. The van der Waals surface area contributed by atoms with Crippen molar-refractivity contribution in [3.8, 4) is 5.75 Å². The minimum Gasteiger partial charge on any atom is -0.479 e. The van der Waals surface area contributed by atoms with Gasteiger partial charge in [0, 0.05) is 30.8 Å². The molecule has 2 aromatic rings. The first-order valence-electron chi connectivity index (χ1n) is 11.4. The maximum absolute atomic E-state index is 15.0. The monoisotopic (exact) mass is 461 g/mol. The lowest BCUT2D eigenvalue weighted by Gasteiger charge is -2.38. The molecule has 33 heavy (non-hydrogen) atoms. The van der Waals surface area contributed by atoms with E-state index in [0.29, 0.717) is 35.3 Å². The number of aryl methyl sites for hydroxylation is 1. The van der Waals surface area contributed by atoms with Crippen molar-refractivity contribution in [1.82, 2.24) is 5.16 Å². The summed E-state index contributed by atoms with van der Waals surface area (Å²) in [5, 5.41) is 15.6. The lowest BCUT2D eigenvalue weighted by Crippen LogP contribution is -2.40. The molecule has 1 aliphatic rings. The molecule has 1 aliphatic carbocycles. The first-order valence-corrected chi connectivity index (χ1v) is 11.4. The van der Waals surface area contributed by atoms with Gasteiger partial charge in [-0.1, -0.05) is 38.3 Å². The Morgan fingerprint density at radius 3 is 2.61 bits per heavy atom. The second-order valence-corrected chi connectivity index (χ2v) is 8.98. The Morgan fingerprint density at radius 2 is 2.00 bits per heavy atom. The zero-order chi connectivity index (χ0) is 24.0. The van der Waals surface area contributed by atoms with Gasteiger partial charge in [-0.3, -0.25) is 4.79 Å². The van der Waals surface area contributed by atoms with Crippen LogP contribution in [0, 0.1) is 18.7 Å². The van der Waals surface area contributed by atoms with Crippen molar-refractivity contribution in [1.29, 1.82) is 0 Å². The summed E-state index contributed by atoms with van der Waals surface area (Å²) in [5.41, 5.74) is 1.62. The molecule has 1 saturated carbocycles. The number of hydrogen-bond donors (Lipinski definition) is 2. The zero-order valence-electron chi connectivity index (χ0n) is 19.4. The fraction of sp³-hybridized carbons (Fsp3) is 0.542. The van der Waals surface area contributed by atoms with E-state index in [1.807, 2.05) is 0 Å². The molecule has 0 aliphatic heterocycles. The maximum Gasteiger partial charge on any atom is 0.341 e. The number of amides is 1. The number of carboxylic acids is 1. The SMILES string of the molecule is Cc1cc(CC(=O)Nc2cc(OCC(=O)O)c(F)cc2N(CC(C)C)C2CCCCC2)on1. The summed E-state index contributed by atoms with van der Waals surface area (Å²) in [6, 6.07) is 4.62. The van der Waals surface area contributed by atoms with Crippen LogP contribution in [0.1, 0.15) is 57.4 Å². The Morgan fingerprint density at radius 1 is 1.27 bits per heavy atom. The van der Waals surface area contributed by atoms with E-state index in [4.69, 9.17) is 14.4 Å². The maximum atomic E-state index is 15.0. The molecule has 2 N–H and O–H groups in total. The number of ether oxygens (including phenoxy) is 1. The van der Waals surface area contributed by atoms with E-state index in [1.54, 1.807) is 13.0 Å². The molecule has 1 heterocycles. The molecule has 3 rings (SSSR count). The number of carbonyl (C=O) groups is 2. The van der Waals surface area contributed by atoms with Crippen LogP contribution in [0.15, 0.2) is 22.7 Å². The molecular formula is C24H32FN3O5. The number of hydrogen-bond acceptors (Lipinski definition) is 6. The smallest absolute Gasteiger partial charge is 0.341 e. The number of rotatable bonds is 10. The van der Waals surface area contributed by atoms with Crippen molar-refractivity contribution >= 4 is 23.3 Å². The molecule has 1 aromatic carbocycles. The molecule has 0 unspecified atom stereocenters. The highest BCUT2D eigenvalue weighted by Gasteiger charge is 2.26. The van der Waals surface area contributed by atoms with Crippen LogP contribution in [-0.2, 0) is 16.0 Å². The van der Waals surface area contributed by atoms with Gasteiger partial charge in [0.05, 0.1) is 23.5 Å². The molecule has 1 amide bonds. The van der Waals surface area contributed by atoms with Gasteiger partial charge in [-0.2, -0.15) is 0 Å². The van der Waals surface area contributed by atoms with E-state index in [9.17, 15) is 14.0 Å². The van der Waals surface area contributed by atoms with Gasteiger partial charge in [-0.05, 0) is 25.7 Å². The molecule has 1 aromatic heterocycles. The highest BCUT2D eigenvalue weighted by atomic mass is 19.1. The largest absolute Gasteiger partial charge is 0.479 e. The highest BCUT2D eigenvalue weighted by Crippen LogP contribution is 2.37. The van der Waals surface area contributed by atoms with E-state index in [2.05, 4.69) is 29.2 Å². The van der Waals surface area contributed by atoms with Crippen LogP contribution in [0.3, 0.4) is 0 Å². The van der Waals surface area contributed by atoms with Crippen molar-refractivity contribution in [2.45, 2.75) is 65.3 Å². The second kappa shape index (κ2) is 11.2. The predicted octanol–water partition coefficient (Wildman–Crippen LogP) is 4.56. The number of aromatic nitrogens is 1. The summed E-state index contributed by atoms with van der Waals surface area (Å²) in [6.07, 6.45) is 5.36. The van der Waals surface area contributed by atoms with Gasteiger partial charge in [-0.15, -0.1) is 0 Å². The first kappa shape index (κ1) is 24.5. The van der Waals surface area contributed by atoms with E-state index >= 15 is 0 Å². The Hall–Kier alpha value is -3.10. The number of benzene rings is 1. The van der Waals surface area contributed by atoms with Crippen LogP contribution in [0.4, 0.5) is 15.8 Å². The Labute approximate surface area is 193 Å². The fourth-order valence-corrected chi connectivity index (χ4v) is 4.21. The Kier molecular flexibility index (Phi) is 8.30. The van der Waals surface area contributed by atoms with Crippen LogP contribution >= 0.6 is 0 Å². The molecule has 0 radical (unpaired) electrons. The number of anilines is 2. The van der Waals surface area contributed by atoms with Crippen molar-refractivity contribution in [3.05, 3.63) is 35.5 Å². The van der Waals surface area contributed by atoms with E-state index in [0.717, 1.165) is 25.7 Å². The standard InChI is InChI=1S/C24H32FN3O5/c1-15(2)13-28(17-7-5-4-6-8-17)21-11-19(25)22(32-14-24(30)31)12-20(21)26-23(29)10-18-9-16(3)27-33-18/h9,11-12,15,17H,4-8,10,13-14H2,1-3H3,(H,26,29)(H,30,31). The van der Waals surface area contributed by atoms with Gasteiger partial charge in [-0.25, -0.2) is 9.18 Å². The molecular weight excluding hydrogens is 429 g/mol. The molecule has 8 nitrogen and oxygen atoms in total. The number of aliphatic carboxylic acids is 1. The average molecular weight is 462 g/mol. The van der Waals surface area contributed by atoms with Gasteiger partial charge in [0.25, 0.3) is 0 Å². The van der Waals surface area contributed by atoms with Crippen molar-refractivity contribution in [2.75, 3.05) is 23.4 Å². The Bertz CT molecular complexity index is 969. The highest BCUT2D eigenvalue weighted by molar-refractivity contribution is 5.95. The predicted molar refractivity (Wildman–Crippen MR) is 122 cm³/mol. The Balaban J connectivity index is 1.95. The summed E-state index contributed by atoms with van der Waals surface area (Å²) >= 11 is 0. The van der Waals surface area contributed by atoms with E-state index < -0.39 is 18.4 Å². The van der Waals surface area contributed by atoms with Crippen LogP contribution in [0.5, 0.6) is 5.75 Å². The van der Waals surface area contributed by atoms with Gasteiger partial charge >= 0.3 is 5.97 Å². The third-order valence-corrected chi connectivity index (χ3v) is 5.57. The van der Waals surface area contributed by atoms with Crippen LogP contribution in [0.25, 0.3) is 0 Å². The number of halogens is 1. The van der Waals surface area contributed by atoms with Crippen LogP contribution in [0.2, 0.25) is 0 Å². The quantitative estimate of drug-likeness (QED) is 0.534. The summed E-state index contributed by atoms with van der Waals surface area (Å²) in [6.45, 7) is 5.98. The molecule has 0 atom stereocenters. The van der Waals surface area contributed by atoms with Gasteiger partial charge in [0.1, 0.15) is 5.76 Å². The number of nitrogens with zero attached hydrogens (tertiary/aromatic N) is 2. The third-order valence-electron chi connectivity index (χ3n) is 5.57. The number of carbonyl (C=O) groups excluding carboxylic acids is 1. The topological polar surface area (TPSA) is 105 Å². The molecule has 1 fully saturated rings. The van der Waals surface area contributed by atoms with Crippen molar-refractivity contribution in [3.63, 3.8) is 0 Å². The van der Waals surface area contributed by atoms with Crippen molar-refractivity contribution in [2.24, 2.45) is 5.92 Å². The summed E-state index contributed by atoms with van der Waals surface area (Å²) in [4.78, 5) is 25.9. The third kappa shape index (κ3) is 6.94. The average Bonchev–Trinajstić information content (AvgIpc) is 3.16. The first-order chi connectivity index (χ1) is 15.7. The number of nitrogens with one attached hydrogen (secondary N) is 1. The summed E-state index contributed by atoms with van der Waals surface area (Å²) in [7, 11) is 0. The lowest BCUT2D eigenvalue weighted by atomic mass is 9.93. The number of carboxylic acid groups (broad SMARTS) is 1. The second-order valence-electron chi connectivity index (χ2n) is 8.98. The lowest BCUT2D eigenvalue weighted by molar-refractivity contribution is -0.139. The normalized spacial score (nSPS) is 14.3.